The molecule has 1 aromatic carbocycles. The molecule has 1 amide bonds. The van der Waals surface area contributed by atoms with Gasteiger partial charge in [-0.15, -0.1) is 11.3 Å². The van der Waals surface area contributed by atoms with Gasteiger partial charge in [0.2, 0.25) is 5.91 Å². The van der Waals surface area contributed by atoms with Gasteiger partial charge in [0.1, 0.15) is 0 Å². The average molecular weight is 372 g/mol. The molecule has 24 heavy (non-hydrogen) atoms. The van der Waals surface area contributed by atoms with E-state index in [0.29, 0.717) is 5.69 Å². The number of hydrogen-bond donors (Lipinski definition) is 1. The van der Waals surface area contributed by atoms with E-state index in [0.717, 1.165) is 23.2 Å². The summed E-state index contributed by atoms with van der Waals surface area (Å²) in [6, 6.07) is 3.17. The molecular weight excluding hydrogens is 363 g/mol. The first-order valence-corrected chi connectivity index (χ1v) is 7.87. The normalized spacial score (nSPS) is 12.2. The summed E-state index contributed by atoms with van der Waals surface area (Å²) in [7, 11) is 0. The molecule has 9 heteroatoms. The number of alkyl halides is 3. The van der Waals surface area contributed by atoms with E-state index in [1.54, 1.807) is 16.8 Å². The van der Waals surface area contributed by atoms with Gasteiger partial charge in [0.25, 0.3) is 0 Å². The lowest BCUT2D eigenvalue weighted by atomic mass is 10.1. The largest absolute Gasteiger partial charge is 0.418 e. The number of thiazole rings is 1. The summed E-state index contributed by atoms with van der Waals surface area (Å²) >= 11 is 7.03. The zero-order valence-electron chi connectivity index (χ0n) is 11.8. The molecule has 0 atom stereocenters. The second-order valence-corrected chi connectivity index (χ2v) is 6.06. The predicted octanol–water partition coefficient (Wildman–Crippen LogP) is 4.72. The number of fused-ring (bicyclic) bond motifs is 1. The molecule has 0 bridgehead atoms. The summed E-state index contributed by atoms with van der Waals surface area (Å²) < 4.78 is 40.7. The molecule has 0 saturated heterocycles. The van der Waals surface area contributed by atoms with Gasteiger partial charge >= 0.3 is 6.18 Å². The quantitative estimate of drug-likeness (QED) is 0.677. The van der Waals surface area contributed by atoms with Gasteiger partial charge in [-0.25, -0.2) is 4.98 Å². The molecule has 0 fully saturated rings. The minimum Gasteiger partial charge on any atom is -0.322 e. The van der Waals surface area contributed by atoms with E-state index < -0.39 is 17.6 Å². The number of hydrogen-bond acceptors (Lipinski definition) is 3. The summed E-state index contributed by atoms with van der Waals surface area (Å²) in [6.45, 7) is 0. The number of carbonyl (C=O) groups is 1. The average Bonchev–Trinajstić information content (AvgIpc) is 3.09. The summed E-state index contributed by atoms with van der Waals surface area (Å²) in [6.07, 6.45) is 1.36. The van der Waals surface area contributed by atoms with Crippen molar-refractivity contribution >= 4 is 45.6 Å². The molecule has 2 aromatic heterocycles. The highest BCUT2D eigenvalue weighted by molar-refractivity contribution is 7.15. The monoisotopic (exact) mass is 371 g/mol. The van der Waals surface area contributed by atoms with Crippen LogP contribution in [0.2, 0.25) is 5.02 Å². The van der Waals surface area contributed by atoms with Gasteiger partial charge in [-0.05, 0) is 24.3 Å². The maximum absolute atomic E-state index is 13.0. The Bertz CT molecular complexity index is 930. The van der Waals surface area contributed by atoms with E-state index in [-0.39, 0.29) is 10.7 Å². The van der Waals surface area contributed by atoms with Crippen molar-refractivity contribution in [2.45, 2.75) is 6.18 Å². The van der Waals surface area contributed by atoms with Gasteiger partial charge in [-0.3, -0.25) is 9.20 Å². The van der Waals surface area contributed by atoms with E-state index in [2.05, 4.69) is 10.3 Å². The maximum atomic E-state index is 13.0. The number of aromatic nitrogens is 2. The number of amides is 1. The van der Waals surface area contributed by atoms with Crippen LogP contribution in [-0.4, -0.2) is 15.3 Å². The lowest BCUT2D eigenvalue weighted by Gasteiger charge is -2.13. The zero-order valence-corrected chi connectivity index (χ0v) is 13.4. The third kappa shape index (κ3) is 3.44. The fourth-order valence-electron chi connectivity index (χ4n) is 2.06. The van der Waals surface area contributed by atoms with Crippen LogP contribution in [0.25, 0.3) is 11.0 Å². The van der Waals surface area contributed by atoms with Crippen molar-refractivity contribution in [1.29, 1.82) is 0 Å². The van der Waals surface area contributed by atoms with E-state index in [9.17, 15) is 18.0 Å². The molecule has 3 aromatic rings. The molecule has 0 spiro atoms. The number of halogens is 4. The van der Waals surface area contributed by atoms with Gasteiger partial charge < -0.3 is 5.32 Å². The Morgan fingerprint density at radius 3 is 2.92 bits per heavy atom. The highest BCUT2D eigenvalue weighted by atomic mass is 35.5. The third-order valence-corrected chi connectivity index (χ3v) is 4.13. The molecule has 0 aliphatic heterocycles. The van der Waals surface area contributed by atoms with Crippen LogP contribution in [0.1, 0.15) is 11.3 Å². The topological polar surface area (TPSA) is 46.4 Å². The number of nitrogens with zero attached hydrogens (tertiary/aromatic N) is 2. The molecule has 2 heterocycles. The maximum Gasteiger partial charge on any atom is 0.418 e. The molecule has 0 radical (unpaired) electrons. The van der Waals surface area contributed by atoms with Crippen molar-refractivity contribution in [1.82, 2.24) is 9.38 Å². The van der Waals surface area contributed by atoms with Crippen LogP contribution < -0.4 is 5.32 Å². The van der Waals surface area contributed by atoms with E-state index >= 15 is 0 Å². The summed E-state index contributed by atoms with van der Waals surface area (Å²) in [5.74, 6) is -0.687. The Hall–Kier alpha value is -2.32. The lowest BCUT2D eigenvalue weighted by molar-refractivity contribution is -0.136. The molecule has 4 nitrogen and oxygen atoms in total. The second kappa shape index (κ2) is 6.29. The van der Waals surface area contributed by atoms with Gasteiger partial charge in [0.05, 0.1) is 23.1 Å². The number of imidazole rings is 1. The highest BCUT2D eigenvalue weighted by Crippen LogP contribution is 2.36. The van der Waals surface area contributed by atoms with Crippen molar-refractivity contribution < 1.29 is 18.0 Å². The number of anilines is 1. The van der Waals surface area contributed by atoms with E-state index in [4.69, 9.17) is 11.6 Å². The number of nitrogens with one attached hydrogen (secondary N) is 1. The highest BCUT2D eigenvalue weighted by Gasteiger charge is 2.34. The van der Waals surface area contributed by atoms with Crippen LogP contribution in [0.4, 0.5) is 18.9 Å². The molecule has 0 aliphatic carbocycles. The van der Waals surface area contributed by atoms with Crippen molar-refractivity contribution in [3.05, 3.63) is 58.3 Å². The number of rotatable bonds is 3. The van der Waals surface area contributed by atoms with Gasteiger partial charge in [-0.2, -0.15) is 13.2 Å². The predicted molar refractivity (Wildman–Crippen MR) is 87.2 cm³/mol. The van der Waals surface area contributed by atoms with E-state index in [1.165, 1.54) is 23.5 Å². The zero-order chi connectivity index (χ0) is 17.3. The first-order chi connectivity index (χ1) is 11.3. The number of benzene rings is 1. The van der Waals surface area contributed by atoms with Crippen LogP contribution in [0.3, 0.4) is 0 Å². The standard InChI is InChI=1S/C15H9ClF3N3OS/c16-9-1-3-12(11(7-9)15(17,18)19)21-13(23)4-2-10-8-20-14-22(10)5-6-24-14/h1-8H,(H,21,23)/b4-2+. The third-order valence-electron chi connectivity index (χ3n) is 3.13. The van der Waals surface area contributed by atoms with Crippen molar-refractivity contribution in [3.63, 3.8) is 0 Å². The first-order valence-electron chi connectivity index (χ1n) is 6.61. The van der Waals surface area contributed by atoms with Crippen LogP contribution in [0, 0.1) is 0 Å². The second-order valence-electron chi connectivity index (χ2n) is 4.75. The molecule has 1 N–H and O–H groups in total. The molecule has 0 unspecified atom stereocenters. The van der Waals surface area contributed by atoms with Crippen LogP contribution in [-0.2, 0) is 11.0 Å². The summed E-state index contributed by atoms with van der Waals surface area (Å²) in [5, 5.41) is 3.99. The van der Waals surface area contributed by atoms with Gasteiger partial charge in [0.15, 0.2) is 4.96 Å². The Balaban J connectivity index is 1.80. The Morgan fingerprint density at radius 2 is 2.17 bits per heavy atom. The summed E-state index contributed by atoms with van der Waals surface area (Å²) in [5.41, 5.74) is -0.703. The smallest absolute Gasteiger partial charge is 0.322 e. The van der Waals surface area contributed by atoms with Crippen LogP contribution in [0.5, 0.6) is 0 Å². The lowest BCUT2D eigenvalue weighted by Crippen LogP contribution is -2.14. The molecule has 0 saturated carbocycles. The molecular formula is C15H9ClF3N3OS. The molecule has 0 aliphatic rings. The minimum atomic E-state index is -4.62. The van der Waals surface area contributed by atoms with Crippen molar-refractivity contribution in [2.75, 3.05) is 5.32 Å². The molecule has 3 rings (SSSR count). The van der Waals surface area contributed by atoms with E-state index in [1.807, 2.05) is 5.38 Å². The summed E-state index contributed by atoms with van der Waals surface area (Å²) in [4.78, 5) is 16.8. The SMILES string of the molecule is O=C(/C=C/c1cnc2sccn12)Nc1ccc(Cl)cc1C(F)(F)F. The number of carbonyl (C=O) groups excluding carboxylic acids is 1. The fourth-order valence-corrected chi connectivity index (χ4v) is 2.93. The van der Waals surface area contributed by atoms with Crippen LogP contribution >= 0.6 is 22.9 Å². The van der Waals surface area contributed by atoms with Crippen molar-refractivity contribution in [2.24, 2.45) is 0 Å². The Kier molecular flexibility index (Phi) is 4.33. The minimum absolute atomic E-state index is 0.0602. The Morgan fingerprint density at radius 1 is 1.38 bits per heavy atom. The first kappa shape index (κ1) is 16.5. The molecule has 124 valence electrons. The van der Waals surface area contributed by atoms with Gasteiger partial charge in [-0.1, -0.05) is 11.6 Å². The fraction of sp³-hybridized carbons (Fsp3) is 0.0667. The van der Waals surface area contributed by atoms with Crippen LogP contribution in [0.15, 0.2) is 42.0 Å². The van der Waals surface area contributed by atoms with Gasteiger partial charge in [0, 0.05) is 22.7 Å². The van der Waals surface area contributed by atoms with Crippen molar-refractivity contribution in [3.8, 4) is 0 Å². The Labute approximate surface area is 143 Å².